The Hall–Kier alpha value is -1.30. The van der Waals surface area contributed by atoms with Gasteiger partial charge in [-0.2, -0.15) is 0 Å². The highest BCUT2D eigenvalue weighted by molar-refractivity contribution is 6.30. The number of morpholine rings is 1. The van der Waals surface area contributed by atoms with E-state index in [0.29, 0.717) is 30.5 Å². The largest absolute Gasteiger partial charge is 0.496 e. The van der Waals surface area contributed by atoms with Crippen LogP contribution in [0.15, 0.2) is 18.2 Å². The lowest BCUT2D eigenvalue weighted by Crippen LogP contribution is -2.47. The lowest BCUT2D eigenvalue weighted by Gasteiger charge is -2.22. The van der Waals surface area contributed by atoms with E-state index in [1.807, 2.05) is 6.07 Å². The van der Waals surface area contributed by atoms with Crippen LogP contribution in [-0.4, -0.2) is 38.8 Å². The summed E-state index contributed by atoms with van der Waals surface area (Å²) in [5.74, 6) is 0.541. The highest BCUT2D eigenvalue weighted by Gasteiger charge is 2.21. The van der Waals surface area contributed by atoms with Crippen molar-refractivity contribution in [2.45, 2.75) is 12.6 Å². The average molecular weight is 285 g/mol. The standard InChI is InChI=1S/C13H17ClN2O3/c1-18-11-6-10(14)3-2-9(11)7-16-13(17)12-8-15-4-5-19-12/h2-3,6,12,15H,4-5,7-8H2,1H3,(H,16,17). The first-order valence-corrected chi connectivity index (χ1v) is 6.51. The number of halogens is 1. The molecule has 0 spiro atoms. The molecular weight excluding hydrogens is 268 g/mol. The SMILES string of the molecule is COc1cc(Cl)ccc1CNC(=O)C1CNCCO1. The summed E-state index contributed by atoms with van der Waals surface area (Å²) < 4.78 is 10.6. The summed E-state index contributed by atoms with van der Waals surface area (Å²) >= 11 is 5.88. The molecule has 1 saturated heterocycles. The van der Waals surface area contributed by atoms with Crippen LogP contribution in [0.1, 0.15) is 5.56 Å². The van der Waals surface area contributed by atoms with E-state index in [2.05, 4.69) is 10.6 Å². The number of carbonyl (C=O) groups is 1. The van der Waals surface area contributed by atoms with Crippen LogP contribution in [0.2, 0.25) is 5.02 Å². The Balaban J connectivity index is 1.92. The lowest BCUT2D eigenvalue weighted by atomic mass is 10.2. The highest BCUT2D eigenvalue weighted by Crippen LogP contribution is 2.22. The van der Waals surface area contributed by atoms with Gasteiger partial charge >= 0.3 is 0 Å². The molecule has 2 rings (SSSR count). The third-order valence-electron chi connectivity index (χ3n) is 2.92. The Morgan fingerprint density at radius 3 is 3.16 bits per heavy atom. The summed E-state index contributed by atoms with van der Waals surface area (Å²) in [5, 5.41) is 6.56. The molecule has 2 N–H and O–H groups in total. The predicted molar refractivity (Wildman–Crippen MR) is 72.5 cm³/mol. The van der Waals surface area contributed by atoms with Gasteiger partial charge < -0.3 is 20.1 Å². The van der Waals surface area contributed by atoms with Gasteiger partial charge in [0.15, 0.2) is 0 Å². The molecule has 0 aromatic heterocycles. The molecule has 5 nitrogen and oxygen atoms in total. The molecule has 0 aliphatic carbocycles. The number of amides is 1. The second kappa shape index (κ2) is 6.75. The van der Waals surface area contributed by atoms with Crippen LogP contribution in [0.3, 0.4) is 0 Å². The van der Waals surface area contributed by atoms with E-state index in [0.717, 1.165) is 12.1 Å². The van der Waals surface area contributed by atoms with Gasteiger partial charge in [0.1, 0.15) is 11.9 Å². The topological polar surface area (TPSA) is 59.6 Å². The average Bonchev–Trinajstić information content (AvgIpc) is 2.46. The van der Waals surface area contributed by atoms with Crippen molar-refractivity contribution in [2.24, 2.45) is 0 Å². The van der Waals surface area contributed by atoms with E-state index < -0.39 is 6.10 Å². The fourth-order valence-electron chi connectivity index (χ4n) is 1.89. The second-order valence-electron chi connectivity index (χ2n) is 4.24. The minimum Gasteiger partial charge on any atom is -0.496 e. The number of rotatable bonds is 4. The molecule has 1 fully saturated rings. The molecule has 0 saturated carbocycles. The molecule has 19 heavy (non-hydrogen) atoms. The van der Waals surface area contributed by atoms with Crippen molar-refractivity contribution in [2.75, 3.05) is 26.8 Å². The molecule has 1 aliphatic heterocycles. The van der Waals surface area contributed by atoms with Gasteiger partial charge in [-0.05, 0) is 12.1 Å². The Kier molecular flexibility index (Phi) is 5.01. The van der Waals surface area contributed by atoms with Crippen LogP contribution in [0.4, 0.5) is 0 Å². The number of hydrogen-bond donors (Lipinski definition) is 2. The molecule has 1 heterocycles. The minimum atomic E-state index is -0.424. The normalized spacial score (nSPS) is 18.9. The van der Waals surface area contributed by atoms with Crippen LogP contribution >= 0.6 is 11.6 Å². The summed E-state index contributed by atoms with van der Waals surface area (Å²) in [7, 11) is 1.57. The summed E-state index contributed by atoms with van der Waals surface area (Å²) in [6.45, 7) is 2.28. The lowest BCUT2D eigenvalue weighted by molar-refractivity contribution is -0.134. The van der Waals surface area contributed by atoms with Gasteiger partial charge in [0.2, 0.25) is 0 Å². The zero-order valence-electron chi connectivity index (χ0n) is 10.7. The van der Waals surface area contributed by atoms with Crippen molar-refractivity contribution in [1.82, 2.24) is 10.6 Å². The van der Waals surface area contributed by atoms with Gasteiger partial charge in [-0.15, -0.1) is 0 Å². The van der Waals surface area contributed by atoms with Crippen LogP contribution in [0.5, 0.6) is 5.75 Å². The highest BCUT2D eigenvalue weighted by atomic mass is 35.5. The molecule has 1 amide bonds. The second-order valence-corrected chi connectivity index (χ2v) is 4.67. The summed E-state index contributed by atoms with van der Waals surface area (Å²) in [6.07, 6.45) is -0.424. The van der Waals surface area contributed by atoms with Crippen molar-refractivity contribution >= 4 is 17.5 Å². The molecule has 0 radical (unpaired) electrons. The third kappa shape index (κ3) is 3.83. The fourth-order valence-corrected chi connectivity index (χ4v) is 2.06. The van der Waals surface area contributed by atoms with Gasteiger partial charge in [-0.25, -0.2) is 0 Å². The van der Waals surface area contributed by atoms with Crippen molar-refractivity contribution in [3.63, 3.8) is 0 Å². The number of nitrogens with one attached hydrogen (secondary N) is 2. The first-order valence-electron chi connectivity index (χ1n) is 6.13. The Bertz CT molecular complexity index is 448. The first kappa shape index (κ1) is 14.1. The molecule has 1 aliphatic rings. The van der Waals surface area contributed by atoms with E-state index in [4.69, 9.17) is 21.1 Å². The molecule has 1 atom stereocenters. The number of benzene rings is 1. The third-order valence-corrected chi connectivity index (χ3v) is 3.16. The minimum absolute atomic E-state index is 0.121. The maximum Gasteiger partial charge on any atom is 0.250 e. The number of ether oxygens (including phenoxy) is 2. The molecule has 6 heteroatoms. The maximum atomic E-state index is 11.9. The Morgan fingerprint density at radius 1 is 1.63 bits per heavy atom. The van der Waals surface area contributed by atoms with Gasteiger partial charge in [0.25, 0.3) is 5.91 Å². The fraction of sp³-hybridized carbons (Fsp3) is 0.462. The summed E-state index contributed by atoms with van der Waals surface area (Å²) in [4.78, 5) is 11.9. The Morgan fingerprint density at radius 2 is 2.47 bits per heavy atom. The molecule has 0 bridgehead atoms. The van der Waals surface area contributed by atoms with Crippen molar-refractivity contribution in [3.8, 4) is 5.75 Å². The number of methoxy groups -OCH3 is 1. The molecule has 1 unspecified atom stereocenters. The first-order chi connectivity index (χ1) is 9.20. The van der Waals surface area contributed by atoms with Crippen LogP contribution in [0.25, 0.3) is 0 Å². The van der Waals surface area contributed by atoms with Gasteiger partial charge in [0, 0.05) is 30.2 Å². The van der Waals surface area contributed by atoms with Crippen molar-refractivity contribution < 1.29 is 14.3 Å². The quantitative estimate of drug-likeness (QED) is 0.864. The van der Waals surface area contributed by atoms with Crippen LogP contribution < -0.4 is 15.4 Å². The maximum absolute atomic E-state index is 11.9. The molecular formula is C13H17ClN2O3. The van der Waals surface area contributed by atoms with Crippen LogP contribution in [0, 0.1) is 0 Å². The predicted octanol–water partition coefficient (Wildman–Crippen LogP) is 0.953. The van der Waals surface area contributed by atoms with E-state index in [9.17, 15) is 4.79 Å². The summed E-state index contributed by atoms with van der Waals surface area (Å²) in [6, 6.07) is 5.33. The number of hydrogen-bond acceptors (Lipinski definition) is 4. The van der Waals surface area contributed by atoms with Gasteiger partial charge in [0.05, 0.1) is 13.7 Å². The monoisotopic (exact) mass is 284 g/mol. The zero-order valence-corrected chi connectivity index (χ0v) is 11.5. The smallest absolute Gasteiger partial charge is 0.250 e. The van der Waals surface area contributed by atoms with Crippen molar-refractivity contribution in [3.05, 3.63) is 28.8 Å². The molecule has 1 aromatic carbocycles. The number of carbonyl (C=O) groups excluding carboxylic acids is 1. The zero-order chi connectivity index (χ0) is 13.7. The van der Waals surface area contributed by atoms with E-state index in [-0.39, 0.29) is 5.91 Å². The molecule has 104 valence electrons. The van der Waals surface area contributed by atoms with Gasteiger partial charge in [-0.3, -0.25) is 4.79 Å². The Labute approximate surface area is 117 Å². The molecule has 1 aromatic rings. The summed E-state index contributed by atoms with van der Waals surface area (Å²) in [5.41, 5.74) is 0.879. The van der Waals surface area contributed by atoms with Gasteiger partial charge in [-0.1, -0.05) is 17.7 Å². The van der Waals surface area contributed by atoms with E-state index >= 15 is 0 Å². The van der Waals surface area contributed by atoms with Crippen molar-refractivity contribution in [1.29, 1.82) is 0 Å². The van der Waals surface area contributed by atoms with Crippen LogP contribution in [-0.2, 0) is 16.1 Å². The van der Waals surface area contributed by atoms with E-state index in [1.54, 1.807) is 19.2 Å². The van der Waals surface area contributed by atoms with E-state index in [1.165, 1.54) is 0 Å².